The van der Waals surface area contributed by atoms with Gasteiger partial charge in [-0.3, -0.25) is 9.58 Å². The fourth-order valence-electron chi connectivity index (χ4n) is 2.71. The molecule has 1 N–H and O–H groups in total. The summed E-state index contributed by atoms with van der Waals surface area (Å²) < 4.78 is 7.46. The second-order valence-electron chi connectivity index (χ2n) is 5.58. The molecule has 0 aliphatic carbocycles. The minimum Gasteiger partial charge on any atom is -0.483 e. The Balaban J connectivity index is 1.61. The van der Waals surface area contributed by atoms with E-state index in [1.54, 1.807) is 23.1 Å². The summed E-state index contributed by atoms with van der Waals surface area (Å²) in [5, 5.41) is 23.2. The molecule has 1 aliphatic rings. The molecule has 1 aliphatic heterocycles. The molecule has 0 saturated carbocycles. The van der Waals surface area contributed by atoms with Crippen molar-refractivity contribution >= 4 is 0 Å². The fraction of sp³-hybridized carbons (Fsp3) is 0.375. The van der Waals surface area contributed by atoms with Crippen molar-refractivity contribution in [2.45, 2.75) is 18.8 Å². The lowest BCUT2D eigenvalue weighted by Crippen LogP contribution is -2.29. The molecule has 2 atom stereocenters. The first kappa shape index (κ1) is 14.6. The van der Waals surface area contributed by atoms with Gasteiger partial charge in [0.1, 0.15) is 12.2 Å². The summed E-state index contributed by atoms with van der Waals surface area (Å²) in [7, 11) is 1.83. The largest absolute Gasteiger partial charge is 0.483 e. The topological polar surface area (TPSA) is 74.3 Å². The first-order chi connectivity index (χ1) is 10.6. The number of benzene rings is 1. The van der Waals surface area contributed by atoms with E-state index in [4.69, 9.17) is 10.00 Å². The molecule has 2 heterocycles. The molecule has 1 saturated heterocycles. The molecule has 0 radical (unpaired) electrons. The smallest absolute Gasteiger partial charge is 0.157 e. The molecule has 1 fully saturated rings. The molecule has 2 aromatic rings. The molecule has 1 aromatic carbocycles. The van der Waals surface area contributed by atoms with Gasteiger partial charge in [0.15, 0.2) is 5.75 Å². The molecule has 6 heteroatoms. The summed E-state index contributed by atoms with van der Waals surface area (Å²) in [6.07, 6.45) is 2.64. The van der Waals surface area contributed by atoms with E-state index in [0.29, 0.717) is 30.9 Å². The van der Waals surface area contributed by atoms with E-state index in [-0.39, 0.29) is 6.10 Å². The molecule has 0 unspecified atom stereocenters. The molecular formula is C16H18N4O2. The van der Waals surface area contributed by atoms with Gasteiger partial charge in [0.25, 0.3) is 0 Å². The number of nitrogens with zero attached hydrogens (tertiary/aromatic N) is 4. The van der Waals surface area contributed by atoms with Crippen LogP contribution >= 0.6 is 0 Å². The fourth-order valence-corrected chi connectivity index (χ4v) is 2.71. The van der Waals surface area contributed by atoms with Gasteiger partial charge < -0.3 is 9.84 Å². The highest BCUT2D eigenvalue weighted by Gasteiger charge is 2.33. The number of aryl methyl sites for hydroxylation is 1. The Morgan fingerprint density at radius 2 is 2.32 bits per heavy atom. The monoisotopic (exact) mass is 298 g/mol. The van der Waals surface area contributed by atoms with Crippen LogP contribution in [0.1, 0.15) is 11.1 Å². The van der Waals surface area contributed by atoms with Gasteiger partial charge in [0.05, 0.1) is 24.0 Å². The van der Waals surface area contributed by atoms with Gasteiger partial charge in [-0.25, -0.2) is 0 Å². The Morgan fingerprint density at radius 1 is 1.45 bits per heavy atom. The number of aliphatic hydroxyl groups is 1. The quantitative estimate of drug-likeness (QED) is 0.908. The Kier molecular flexibility index (Phi) is 4.09. The minimum absolute atomic E-state index is 0.261. The lowest BCUT2D eigenvalue weighted by atomic mass is 10.1. The van der Waals surface area contributed by atoms with Gasteiger partial charge in [0.2, 0.25) is 0 Å². The van der Waals surface area contributed by atoms with E-state index in [9.17, 15) is 5.11 Å². The molecule has 114 valence electrons. The number of aliphatic hydroxyl groups excluding tert-OH is 1. The zero-order valence-electron chi connectivity index (χ0n) is 12.4. The van der Waals surface area contributed by atoms with E-state index in [0.717, 1.165) is 5.56 Å². The first-order valence-corrected chi connectivity index (χ1v) is 7.19. The molecule has 3 rings (SSSR count). The van der Waals surface area contributed by atoms with E-state index >= 15 is 0 Å². The number of hydrogen-bond donors (Lipinski definition) is 1. The van der Waals surface area contributed by atoms with Crippen LogP contribution in [0.2, 0.25) is 0 Å². The lowest BCUT2D eigenvalue weighted by molar-refractivity contribution is 0.0736. The van der Waals surface area contributed by atoms with Crippen LogP contribution in [0.5, 0.6) is 5.75 Å². The maximum Gasteiger partial charge on any atom is 0.157 e. The Labute approximate surface area is 129 Å². The minimum atomic E-state index is -0.528. The van der Waals surface area contributed by atoms with Crippen molar-refractivity contribution in [2.75, 3.05) is 13.1 Å². The highest BCUT2D eigenvalue weighted by molar-refractivity contribution is 5.32. The zero-order chi connectivity index (χ0) is 15.5. The van der Waals surface area contributed by atoms with E-state index in [2.05, 4.69) is 16.1 Å². The molecule has 0 spiro atoms. The lowest BCUT2D eigenvalue weighted by Gasteiger charge is -2.16. The number of aromatic nitrogens is 2. The van der Waals surface area contributed by atoms with Crippen LogP contribution in [0.4, 0.5) is 0 Å². The average molecular weight is 298 g/mol. The van der Waals surface area contributed by atoms with Crippen molar-refractivity contribution in [2.24, 2.45) is 7.05 Å². The number of likely N-dealkylation sites (tertiary alicyclic amines) is 1. The maximum absolute atomic E-state index is 10.2. The Morgan fingerprint density at radius 3 is 3.05 bits per heavy atom. The van der Waals surface area contributed by atoms with Crippen LogP contribution in [0.3, 0.4) is 0 Å². The summed E-state index contributed by atoms with van der Waals surface area (Å²) >= 11 is 0. The van der Waals surface area contributed by atoms with E-state index < -0.39 is 6.10 Å². The molecule has 0 amide bonds. The predicted octanol–water partition coefficient (Wildman–Crippen LogP) is 0.916. The molecule has 1 aromatic heterocycles. The van der Waals surface area contributed by atoms with Crippen molar-refractivity contribution in [1.82, 2.24) is 14.7 Å². The van der Waals surface area contributed by atoms with Gasteiger partial charge in [-0.1, -0.05) is 12.1 Å². The average Bonchev–Trinajstić information content (AvgIpc) is 3.06. The second kappa shape index (κ2) is 6.18. The summed E-state index contributed by atoms with van der Waals surface area (Å²) in [5.41, 5.74) is 1.72. The molecule has 22 heavy (non-hydrogen) atoms. The summed E-state index contributed by atoms with van der Waals surface area (Å²) in [5.74, 6) is 0.667. The first-order valence-electron chi connectivity index (χ1n) is 7.19. The summed E-state index contributed by atoms with van der Waals surface area (Å²) in [6, 6.07) is 9.68. The van der Waals surface area contributed by atoms with Gasteiger partial charge in [-0.2, -0.15) is 10.4 Å². The van der Waals surface area contributed by atoms with E-state index in [1.165, 1.54) is 0 Å². The third kappa shape index (κ3) is 3.27. The van der Waals surface area contributed by atoms with Gasteiger partial charge in [-0.15, -0.1) is 0 Å². The third-order valence-electron chi connectivity index (χ3n) is 3.74. The molecule has 6 nitrogen and oxygen atoms in total. The zero-order valence-corrected chi connectivity index (χ0v) is 12.4. The highest BCUT2D eigenvalue weighted by atomic mass is 16.5. The molecule has 0 bridgehead atoms. The van der Waals surface area contributed by atoms with Crippen molar-refractivity contribution in [3.63, 3.8) is 0 Å². The van der Waals surface area contributed by atoms with Gasteiger partial charge in [0, 0.05) is 26.7 Å². The molecular weight excluding hydrogens is 280 g/mol. The van der Waals surface area contributed by atoms with Crippen LogP contribution in [-0.2, 0) is 13.6 Å². The van der Waals surface area contributed by atoms with Crippen LogP contribution in [-0.4, -0.2) is 45.1 Å². The maximum atomic E-state index is 10.2. The number of β-amino-alcohol motifs (C(OH)–C–C–N with tert-alkyl or cyclic N) is 1. The van der Waals surface area contributed by atoms with E-state index in [1.807, 2.05) is 25.2 Å². The Bertz CT molecular complexity index is 691. The standard InChI is InChI=1S/C16H18N4O2/c1-19-9-14(7-18-19)22-16-11-20(10-15(16)21)8-13-4-2-3-12(5-13)6-17/h2-5,7,9,15-16,21H,8,10-11H2,1H3/t15-,16-/m1/s1. The second-order valence-corrected chi connectivity index (χ2v) is 5.58. The van der Waals surface area contributed by atoms with Crippen LogP contribution in [0, 0.1) is 11.3 Å². The predicted molar refractivity (Wildman–Crippen MR) is 80.1 cm³/mol. The highest BCUT2D eigenvalue weighted by Crippen LogP contribution is 2.20. The third-order valence-corrected chi connectivity index (χ3v) is 3.74. The van der Waals surface area contributed by atoms with Crippen LogP contribution in [0.25, 0.3) is 0 Å². The number of rotatable bonds is 4. The normalized spacial score (nSPS) is 21.7. The Hall–Kier alpha value is -2.36. The number of nitriles is 1. The van der Waals surface area contributed by atoms with Crippen molar-refractivity contribution < 1.29 is 9.84 Å². The number of ether oxygens (including phenoxy) is 1. The SMILES string of the molecule is Cn1cc(O[C@@H]2CN(Cc3cccc(C#N)c3)C[C@H]2O)cn1. The van der Waals surface area contributed by atoms with Crippen molar-refractivity contribution in [3.05, 3.63) is 47.8 Å². The summed E-state index contributed by atoms with van der Waals surface area (Å²) in [6.45, 7) is 1.90. The van der Waals surface area contributed by atoms with Gasteiger partial charge in [-0.05, 0) is 17.7 Å². The van der Waals surface area contributed by atoms with Crippen molar-refractivity contribution in [1.29, 1.82) is 5.26 Å². The van der Waals surface area contributed by atoms with Crippen LogP contribution < -0.4 is 4.74 Å². The van der Waals surface area contributed by atoms with Crippen LogP contribution in [0.15, 0.2) is 36.7 Å². The van der Waals surface area contributed by atoms with Gasteiger partial charge >= 0.3 is 0 Å². The number of hydrogen-bond acceptors (Lipinski definition) is 5. The summed E-state index contributed by atoms with van der Waals surface area (Å²) in [4.78, 5) is 2.13. The van der Waals surface area contributed by atoms with Crippen molar-refractivity contribution in [3.8, 4) is 11.8 Å².